The molecule has 0 radical (unpaired) electrons. The zero-order valence-electron chi connectivity index (χ0n) is 12.5. The van der Waals surface area contributed by atoms with Crippen molar-refractivity contribution in [2.75, 3.05) is 39.8 Å². The molecule has 0 N–H and O–H groups in total. The fraction of sp³-hybridized carbons (Fsp3) is 0.643. The third-order valence-corrected chi connectivity index (χ3v) is 4.35. The molecule has 2 saturated heterocycles. The summed E-state index contributed by atoms with van der Waals surface area (Å²) in [4.78, 5) is 30.4. The number of amides is 2. The lowest BCUT2D eigenvalue weighted by molar-refractivity contribution is -0.142. The van der Waals surface area contributed by atoms with Crippen molar-refractivity contribution in [2.45, 2.75) is 19.5 Å². The summed E-state index contributed by atoms with van der Waals surface area (Å²) >= 11 is 0. The van der Waals surface area contributed by atoms with Crippen molar-refractivity contribution in [2.24, 2.45) is 0 Å². The molecule has 2 aliphatic heterocycles. The highest BCUT2D eigenvalue weighted by molar-refractivity contribution is 5.93. The fourth-order valence-electron chi connectivity index (χ4n) is 2.96. The minimum Gasteiger partial charge on any atom is -0.343 e. The van der Waals surface area contributed by atoms with Crippen LogP contribution in [0.25, 0.3) is 0 Å². The Hall–Kier alpha value is -1.89. The minimum atomic E-state index is -0.199. The normalized spacial score (nSPS) is 23.3. The van der Waals surface area contributed by atoms with E-state index in [1.54, 1.807) is 20.5 Å². The van der Waals surface area contributed by atoms with E-state index < -0.39 is 0 Å². The standard InChI is InChI=1S/C14H21N5O2/c1-3-19-5-4-11(15-19)13(20)18-9-8-17-7-6-16(2)14(21)12(17)10-18/h4-5,12H,3,6-10H2,1-2H3. The first-order valence-electron chi connectivity index (χ1n) is 7.42. The molecule has 1 atom stereocenters. The summed E-state index contributed by atoms with van der Waals surface area (Å²) in [7, 11) is 1.82. The summed E-state index contributed by atoms with van der Waals surface area (Å²) in [6.45, 7) is 6.25. The van der Waals surface area contributed by atoms with E-state index in [0.29, 0.717) is 18.8 Å². The van der Waals surface area contributed by atoms with Crippen LogP contribution in [-0.4, -0.2) is 82.1 Å². The molecular weight excluding hydrogens is 270 g/mol. The smallest absolute Gasteiger partial charge is 0.274 e. The quantitative estimate of drug-likeness (QED) is 0.737. The number of fused-ring (bicyclic) bond motifs is 1. The molecule has 3 rings (SSSR count). The molecule has 2 fully saturated rings. The van der Waals surface area contributed by atoms with E-state index in [-0.39, 0.29) is 17.9 Å². The summed E-state index contributed by atoms with van der Waals surface area (Å²) in [5.74, 6) is 0.0284. The Morgan fingerprint density at radius 1 is 1.33 bits per heavy atom. The molecule has 2 aliphatic rings. The second kappa shape index (κ2) is 5.48. The minimum absolute atomic E-state index is 0.0807. The number of aromatic nitrogens is 2. The summed E-state index contributed by atoms with van der Waals surface area (Å²) in [5.41, 5.74) is 0.460. The predicted octanol–water partition coefficient (Wildman–Crippen LogP) is -0.499. The van der Waals surface area contributed by atoms with Crippen molar-refractivity contribution in [3.8, 4) is 0 Å². The summed E-state index contributed by atoms with van der Waals surface area (Å²) in [5, 5.41) is 4.26. The third kappa shape index (κ3) is 2.53. The summed E-state index contributed by atoms with van der Waals surface area (Å²) in [6.07, 6.45) is 1.81. The van der Waals surface area contributed by atoms with Crippen molar-refractivity contribution in [3.63, 3.8) is 0 Å². The molecule has 0 spiro atoms. The maximum absolute atomic E-state index is 12.5. The van der Waals surface area contributed by atoms with Crippen molar-refractivity contribution >= 4 is 11.8 Å². The highest BCUT2D eigenvalue weighted by Gasteiger charge is 2.38. The van der Waals surface area contributed by atoms with Gasteiger partial charge < -0.3 is 9.80 Å². The van der Waals surface area contributed by atoms with E-state index in [0.717, 1.165) is 26.2 Å². The van der Waals surface area contributed by atoms with E-state index in [1.165, 1.54) is 0 Å². The molecule has 7 heteroatoms. The van der Waals surface area contributed by atoms with Crippen molar-refractivity contribution in [1.29, 1.82) is 0 Å². The maximum Gasteiger partial charge on any atom is 0.274 e. The summed E-state index contributed by atoms with van der Waals surface area (Å²) < 4.78 is 1.74. The van der Waals surface area contributed by atoms with Crippen LogP contribution in [0.1, 0.15) is 17.4 Å². The average molecular weight is 291 g/mol. The molecule has 0 aromatic carbocycles. The van der Waals surface area contributed by atoms with Gasteiger partial charge in [-0.25, -0.2) is 0 Å². The molecule has 0 bridgehead atoms. The second-order valence-electron chi connectivity index (χ2n) is 5.62. The Morgan fingerprint density at radius 2 is 2.10 bits per heavy atom. The lowest BCUT2D eigenvalue weighted by Crippen LogP contribution is -2.64. The number of rotatable bonds is 2. The lowest BCUT2D eigenvalue weighted by atomic mass is 10.1. The Morgan fingerprint density at radius 3 is 2.81 bits per heavy atom. The number of carbonyl (C=O) groups excluding carboxylic acids is 2. The monoisotopic (exact) mass is 291 g/mol. The first-order chi connectivity index (χ1) is 10.1. The Labute approximate surface area is 124 Å². The highest BCUT2D eigenvalue weighted by Crippen LogP contribution is 2.17. The van der Waals surface area contributed by atoms with Gasteiger partial charge in [0.25, 0.3) is 5.91 Å². The van der Waals surface area contributed by atoms with Crippen LogP contribution in [0, 0.1) is 0 Å². The van der Waals surface area contributed by atoms with E-state index in [2.05, 4.69) is 10.00 Å². The molecular formula is C14H21N5O2. The Bertz CT molecular complexity index is 555. The molecule has 0 saturated carbocycles. The molecule has 7 nitrogen and oxygen atoms in total. The van der Waals surface area contributed by atoms with Crippen LogP contribution in [0.3, 0.4) is 0 Å². The third-order valence-electron chi connectivity index (χ3n) is 4.35. The van der Waals surface area contributed by atoms with Gasteiger partial charge in [0.2, 0.25) is 5.91 Å². The van der Waals surface area contributed by atoms with E-state index in [9.17, 15) is 9.59 Å². The Balaban J connectivity index is 1.72. The van der Waals surface area contributed by atoms with Crippen molar-refractivity contribution in [1.82, 2.24) is 24.5 Å². The first kappa shape index (κ1) is 14.1. The zero-order valence-corrected chi connectivity index (χ0v) is 12.5. The van der Waals surface area contributed by atoms with Crippen LogP contribution in [0.5, 0.6) is 0 Å². The number of hydrogen-bond donors (Lipinski definition) is 0. The van der Waals surface area contributed by atoms with Gasteiger partial charge in [-0.05, 0) is 13.0 Å². The fourth-order valence-corrected chi connectivity index (χ4v) is 2.96. The van der Waals surface area contributed by atoms with Crippen LogP contribution in [0.4, 0.5) is 0 Å². The average Bonchev–Trinajstić information content (AvgIpc) is 2.99. The van der Waals surface area contributed by atoms with Crippen LogP contribution in [0.2, 0.25) is 0 Å². The van der Waals surface area contributed by atoms with Gasteiger partial charge in [-0.1, -0.05) is 0 Å². The maximum atomic E-state index is 12.5. The molecule has 21 heavy (non-hydrogen) atoms. The van der Waals surface area contributed by atoms with Gasteiger partial charge in [0.05, 0.1) is 0 Å². The lowest BCUT2D eigenvalue weighted by Gasteiger charge is -2.45. The number of hydrogen-bond acceptors (Lipinski definition) is 4. The number of aryl methyl sites for hydroxylation is 1. The molecule has 1 unspecified atom stereocenters. The molecule has 2 amide bonds. The SMILES string of the molecule is CCn1ccc(C(=O)N2CCN3CCN(C)C(=O)C3C2)n1. The van der Waals surface area contributed by atoms with Gasteiger partial charge in [-0.15, -0.1) is 0 Å². The molecule has 1 aromatic heterocycles. The molecule has 0 aliphatic carbocycles. The number of nitrogens with zero attached hydrogens (tertiary/aromatic N) is 5. The van der Waals surface area contributed by atoms with Crippen LogP contribution in [0.15, 0.2) is 12.3 Å². The van der Waals surface area contributed by atoms with Crippen LogP contribution >= 0.6 is 0 Å². The molecule has 3 heterocycles. The van der Waals surface area contributed by atoms with E-state index >= 15 is 0 Å². The van der Waals surface area contributed by atoms with Crippen LogP contribution < -0.4 is 0 Å². The topological polar surface area (TPSA) is 61.7 Å². The molecule has 1 aromatic rings. The largest absolute Gasteiger partial charge is 0.343 e. The predicted molar refractivity (Wildman–Crippen MR) is 76.8 cm³/mol. The number of piperazine rings is 2. The first-order valence-corrected chi connectivity index (χ1v) is 7.42. The van der Waals surface area contributed by atoms with Crippen molar-refractivity contribution in [3.05, 3.63) is 18.0 Å². The van der Waals surface area contributed by atoms with Crippen LogP contribution in [-0.2, 0) is 11.3 Å². The van der Waals surface area contributed by atoms with Gasteiger partial charge in [0, 0.05) is 52.5 Å². The second-order valence-corrected chi connectivity index (χ2v) is 5.62. The van der Waals surface area contributed by atoms with Gasteiger partial charge >= 0.3 is 0 Å². The van der Waals surface area contributed by atoms with E-state index in [1.807, 2.05) is 20.2 Å². The number of carbonyl (C=O) groups is 2. The Kier molecular flexibility index (Phi) is 3.67. The van der Waals surface area contributed by atoms with E-state index in [4.69, 9.17) is 0 Å². The van der Waals surface area contributed by atoms with Gasteiger partial charge in [-0.3, -0.25) is 19.2 Å². The zero-order chi connectivity index (χ0) is 15.0. The number of likely N-dealkylation sites (N-methyl/N-ethyl adjacent to an activating group) is 1. The summed E-state index contributed by atoms with van der Waals surface area (Å²) in [6, 6.07) is 1.54. The van der Waals surface area contributed by atoms with Gasteiger partial charge in [0.15, 0.2) is 0 Å². The van der Waals surface area contributed by atoms with Crippen molar-refractivity contribution < 1.29 is 9.59 Å². The highest BCUT2D eigenvalue weighted by atomic mass is 16.2. The molecule has 114 valence electrons. The van der Waals surface area contributed by atoms with Gasteiger partial charge in [-0.2, -0.15) is 5.10 Å². The van der Waals surface area contributed by atoms with Gasteiger partial charge in [0.1, 0.15) is 11.7 Å².